The Hall–Kier alpha value is -3.09. The standard InChI is InChI=1S/C20H21FN2O4/c1-13(15-5-8-17-18(11-15)27-10-2-9-26-17)23-19(24)12-22-20(25)14-3-6-16(21)7-4-14/h3-8,11,13H,2,9-10,12H2,1H3,(H,22,25)(H,23,24). The number of fused-ring (bicyclic) bond motifs is 1. The number of halogens is 1. The number of hydrogen-bond donors (Lipinski definition) is 2. The highest BCUT2D eigenvalue weighted by Crippen LogP contribution is 2.32. The van der Waals surface area contributed by atoms with Crippen LogP contribution in [0.15, 0.2) is 42.5 Å². The van der Waals surface area contributed by atoms with Crippen molar-refractivity contribution in [2.75, 3.05) is 19.8 Å². The third kappa shape index (κ3) is 4.97. The minimum absolute atomic E-state index is 0.175. The lowest BCUT2D eigenvalue weighted by Gasteiger charge is -2.16. The highest BCUT2D eigenvalue weighted by molar-refractivity contribution is 5.96. The van der Waals surface area contributed by atoms with Gasteiger partial charge in [0.2, 0.25) is 5.91 Å². The van der Waals surface area contributed by atoms with E-state index in [-0.39, 0.29) is 18.5 Å². The predicted molar refractivity (Wildman–Crippen MR) is 97.3 cm³/mol. The fourth-order valence-corrected chi connectivity index (χ4v) is 2.69. The summed E-state index contributed by atoms with van der Waals surface area (Å²) in [4.78, 5) is 24.1. The van der Waals surface area contributed by atoms with Crippen molar-refractivity contribution in [2.45, 2.75) is 19.4 Å². The van der Waals surface area contributed by atoms with E-state index in [1.54, 1.807) is 0 Å². The number of rotatable bonds is 5. The quantitative estimate of drug-likeness (QED) is 0.846. The summed E-state index contributed by atoms with van der Waals surface area (Å²) in [5.74, 6) is 0.170. The van der Waals surface area contributed by atoms with Crippen LogP contribution >= 0.6 is 0 Å². The van der Waals surface area contributed by atoms with Gasteiger partial charge in [-0.25, -0.2) is 4.39 Å². The summed E-state index contributed by atoms with van der Waals surface area (Å²) >= 11 is 0. The number of carbonyl (C=O) groups is 2. The average Bonchev–Trinajstić information content (AvgIpc) is 2.91. The maximum Gasteiger partial charge on any atom is 0.251 e. The lowest BCUT2D eigenvalue weighted by molar-refractivity contribution is -0.120. The third-order valence-corrected chi connectivity index (χ3v) is 4.16. The van der Waals surface area contributed by atoms with Crippen molar-refractivity contribution in [3.63, 3.8) is 0 Å². The molecule has 0 spiro atoms. The molecule has 1 aliphatic heterocycles. The fourth-order valence-electron chi connectivity index (χ4n) is 2.69. The molecule has 0 bridgehead atoms. The maximum atomic E-state index is 12.9. The second-order valence-electron chi connectivity index (χ2n) is 6.24. The molecular formula is C20H21FN2O4. The van der Waals surface area contributed by atoms with Crippen molar-refractivity contribution in [1.82, 2.24) is 10.6 Å². The van der Waals surface area contributed by atoms with Crippen LogP contribution in [0.1, 0.15) is 35.3 Å². The molecule has 0 saturated heterocycles. The van der Waals surface area contributed by atoms with E-state index < -0.39 is 11.7 Å². The molecule has 3 rings (SSSR count). The largest absolute Gasteiger partial charge is 0.490 e. The molecular weight excluding hydrogens is 351 g/mol. The first-order valence-corrected chi connectivity index (χ1v) is 8.75. The Morgan fingerprint density at radius 3 is 2.52 bits per heavy atom. The zero-order valence-corrected chi connectivity index (χ0v) is 15.0. The smallest absolute Gasteiger partial charge is 0.251 e. The molecule has 7 heteroatoms. The van der Waals surface area contributed by atoms with E-state index >= 15 is 0 Å². The Morgan fingerprint density at radius 2 is 1.78 bits per heavy atom. The highest BCUT2D eigenvalue weighted by atomic mass is 19.1. The normalized spacial score (nSPS) is 14.0. The summed E-state index contributed by atoms with van der Waals surface area (Å²) in [7, 11) is 0. The van der Waals surface area contributed by atoms with Gasteiger partial charge in [0, 0.05) is 12.0 Å². The molecule has 142 valence electrons. The van der Waals surface area contributed by atoms with Gasteiger partial charge in [-0.2, -0.15) is 0 Å². The summed E-state index contributed by atoms with van der Waals surface area (Å²) in [6.07, 6.45) is 0.823. The van der Waals surface area contributed by atoms with Crippen LogP contribution in [0.2, 0.25) is 0 Å². The summed E-state index contributed by atoms with van der Waals surface area (Å²) < 4.78 is 24.1. The summed E-state index contributed by atoms with van der Waals surface area (Å²) in [6.45, 7) is 2.88. The molecule has 1 heterocycles. The van der Waals surface area contributed by atoms with Gasteiger partial charge < -0.3 is 20.1 Å². The molecule has 0 fully saturated rings. The molecule has 2 aromatic rings. The lowest BCUT2D eigenvalue weighted by atomic mass is 10.1. The summed E-state index contributed by atoms with van der Waals surface area (Å²) in [6, 6.07) is 10.4. The lowest BCUT2D eigenvalue weighted by Crippen LogP contribution is -2.38. The van der Waals surface area contributed by atoms with Gasteiger partial charge in [0.25, 0.3) is 5.91 Å². The Bertz CT molecular complexity index is 823. The van der Waals surface area contributed by atoms with Crippen molar-refractivity contribution in [1.29, 1.82) is 0 Å². The van der Waals surface area contributed by atoms with Gasteiger partial charge in [0.1, 0.15) is 5.82 Å². The van der Waals surface area contributed by atoms with Crippen LogP contribution in [0.5, 0.6) is 11.5 Å². The second kappa shape index (κ2) is 8.53. The van der Waals surface area contributed by atoms with E-state index in [1.807, 2.05) is 25.1 Å². The minimum Gasteiger partial charge on any atom is -0.490 e. The van der Waals surface area contributed by atoms with Gasteiger partial charge >= 0.3 is 0 Å². The number of benzene rings is 2. The van der Waals surface area contributed by atoms with Crippen molar-refractivity contribution < 1.29 is 23.5 Å². The molecule has 0 aromatic heterocycles. The SMILES string of the molecule is CC(NC(=O)CNC(=O)c1ccc(F)cc1)c1ccc2c(c1)OCCCO2. The number of nitrogens with one attached hydrogen (secondary N) is 2. The maximum absolute atomic E-state index is 12.9. The fraction of sp³-hybridized carbons (Fsp3) is 0.300. The summed E-state index contributed by atoms with van der Waals surface area (Å²) in [5.41, 5.74) is 1.16. The number of ether oxygens (including phenoxy) is 2. The predicted octanol–water partition coefficient (Wildman–Crippen LogP) is 2.59. The van der Waals surface area contributed by atoms with E-state index in [0.717, 1.165) is 12.0 Å². The Balaban J connectivity index is 1.53. The van der Waals surface area contributed by atoms with E-state index in [2.05, 4.69) is 10.6 Å². The van der Waals surface area contributed by atoms with Gasteiger partial charge in [-0.15, -0.1) is 0 Å². The van der Waals surface area contributed by atoms with E-state index in [0.29, 0.717) is 30.3 Å². The van der Waals surface area contributed by atoms with Crippen LogP contribution in [0.25, 0.3) is 0 Å². The molecule has 2 aromatic carbocycles. The average molecular weight is 372 g/mol. The van der Waals surface area contributed by atoms with Crippen molar-refractivity contribution in [2.24, 2.45) is 0 Å². The third-order valence-electron chi connectivity index (χ3n) is 4.16. The Morgan fingerprint density at radius 1 is 1.07 bits per heavy atom. The van der Waals surface area contributed by atoms with Gasteiger partial charge in [-0.05, 0) is 48.9 Å². The first-order valence-electron chi connectivity index (χ1n) is 8.75. The van der Waals surface area contributed by atoms with Crippen molar-refractivity contribution >= 4 is 11.8 Å². The molecule has 1 unspecified atom stereocenters. The summed E-state index contributed by atoms with van der Waals surface area (Å²) in [5, 5.41) is 5.34. The van der Waals surface area contributed by atoms with E-state index in [4.69, 9.17) is 9.47 Å². The van der Waals surface area contributed by atoms with Crippen LogP contribution in [0, 0.1) is 5.82 Å². The topological polar surface area (TPSA) is 76.7 Å². The van der Waals surface area contributed by atoms with Crippen LogP contribution in [0.4, 0.5) is 4.39 Å². The van der Waals surface area contributed by atoms with Crippen LogP contribution in [0.3, 0.4) is 0 Å². The second-order valence-corrected chi connectivity index (χ2v) is 6.24. The minimum atomic E-state index is -0.437. The molecule has 0 aliphatic carbocycles. The van der Waals surface area contributed by atoms with Gasteiger partial charge in [-0.3, -0.25) is 9.59 Å². The van der Waals surface area contributed by atoms with Crippen molar-refractivity contribution in [3.8, 4) is 11.5 Å². The molecule has 6 nitrogen and oxygen atoms in total. The first-order chi connectivity index (χ1) is 13.0. The number of hydrogen-bond acceptors (Lipinski definition) is 4. The zero-order valence-electron chi connectivity index (χ0n) is 15.0. The molecule has 0 radical (unpaired) electrons. The molecule has 2 amide bonds. The number of amides is 2. The monoisotopic (exact) mass is 372 g/mol. The Labute approximate surface area is 156 Å². The molecule has 1 atom stereocenters. The van der Waals surface area contributed by atoms with Gasteiger partial charge in [0.05, 0.1) is 25.8 Å². The molecule has 0 saturated carbocycles. The van der Waals surface area contributed by atoms with Crippen LogP contribution in [-0.4, -0.2) is 31.6 Å². The number of carbonyl (C=O) groups excluding carboxylic acids is 2. The van der Waals surface area contributed by atoms with Gasteiger partial charge in [-0.1, -0.05) is 6.07 Å². The first kappa shape index (κ1) is 18.7. The molecule has 2 N–H and O–H groups in total. The van der Waals surface area contributed by atoms with E-state index in [9.17, 15) is 14.0 Å². The van der Waals surface area contributed by atoms with Crippen LogP contribution in [-0.2, 0) is 4.79 Å². The molecule has 27 heavy (non-hydrogen) atoms. The van der Waals surface area contributed by atoms with E-state index in [1.165, 1.54) is 24.3 Å². The highest BCUT2D eigenvalue weighted by Gasteiger charge is 2.16. The molecule has 1 aliphatic rings. The Kier molecular flexibility index (Phi) is 5.90. The van der Waals surface area contributed by atoms with Gasteiger partial charge in [0.15, 0.2) is 11.5 Å². The zero-order chi connectivity index (χ0) is 19.2. The van der Waals surface area contributed by atoms with Crippen molar-refractivity contribution in [3.05, 3.63) is 59.4 Å². The van der Waals surface area contributed by atoms with Crippen LogP contribution < -0.4 is 20.1 Å².